The van der Waals surface area contributed by atoms with Gasteiger partial charge in [0.25, 0.3) is 0 Å². The summed E-state index contributed by atoms with van der Waals surface area (Å²) in [6, 6.07) is 0. The van der Waals surface area contributed by atoms with Crippen molar-refractivity contribution in [1.82, 2.24) is 0 Å². The molecule has 0 aromatic heterocycles. The quantitative estimate of drug-likeness (QED) is 0.419. The van der Waals surface area contributed by atoms with Gasteiger partial charge >= 0.3 is 0 Å². The molecule has 3 nitrogen and oxygen atoms in total. The van der Waals surface area contributed by atoms with Gasteiger partial charge in [0.15, 0.2) is 6.29 Å². The lowest BCUT2D eigenvalue weighted by atomic mass is 10.7. The van der Waals surface area contributed by atoms with E-state index in [1.165, 1.54) is 0 Å². The molecule has 0 aliphatic carbocycles. The number of aliphatic hydroxyl groups excluding tert-OH is 1. The van der Waals surface area contributed by atoms with Crippen LogP contribution in [-0.4, -0.2) is 31.7 Å². The Hall–Kier alpha value is -0.120. The maximum absolute atomic E-state index is 8.50. The second kappa shape index (κ2) is 5.03. The summed E-state index contributed by atoms with van der Waals surface area (Å²) in [7, 11) is 1.59. The van der Waals surface area contributed by atoms with E-state index in [9.17, 15) is 0 Å². The van der Waals surface area contributed by atoms with Crippen LogP contribution in [0.3, 0.4) is 0 Å². The number of hydrogen-bond donors (Lipinski definition) is 1. The van der Waals surface area contributed by atoms with Crippen molar-refractivity contribution in [1.29, 1.82) is 0 Å². The van der Waals surface area contributed by atoms with Gasteiger partial charge in [-0.1, -0.05) is 0 Å². The third-order valence-electron chi connectivity index (χ3n) is 0.647. The van der Waals surface area contributed by atoms with E-state index >= 15 is 0 Å². The molecule has 3 heteroatoms. The van der Waals surface area contributed by atoms with Crippen molar-refractivity contribution in [2.75, 3.05) is 20.3 Å². The summed E-state index contributed by atoms with van der Waals surface area (Å²) in [5.74, 6) is 0. The summed E-state index contributed by atoms with van der Waals surface area (Å²) in [6.45, 7) is 2.55. The van der Waals surface area contributed by atoms with Crippen molar-refractivity contribution in [3.05, 3.63) is 0 Å². The van der Waals surface area contributed by atoms with Crippen molar-refractivity contribution < 1.29 is 14.6 Å². The van der Waals surface area contributed by atoms with E-state index in [1.807, 2.05) is 0 Å². The first-order valence-electron chi connectivity index (χ1n) is 2.56. The lowest BCUT2D eigenvalue weighted by molar-refractivity contribution is -0.0962. The van der Waals surface area contributed by atoms with Crippen LogP contribution in [-0.2, 0) is 9.47 Å². The fourth-order valence-electron chi connectivity index (χ4n) is 0.302. The average Bonchev–Trinajstić information content (AvgIpc) is 1.66. The van der Waals surface area contributed by atoms with E-state index in [1.54, 1.807) is 14.0 Å². The van der Waals surface area contributed by atoms with Crippen LogP contribution >= 0.6 is 0 Å². The van der Waals surface area contributed by atoms with Crippen LogP contribution in [0.15, 0.2) is 0 Å². The molecule has 0 fully saturated rings. The van der Waals surface area contributed by atoms with E-state index in [4.69, 9.17) is 9.84 Å². The van der Waals surface area contributed by atoms with Gasteiger partial charge in [-0.25, -0.2) is 0 Å². The Morgan fingerprint density at radius 1 is 1.50 bits per heavy atom. The molecule has 0 saturated heterocycles. The number of ether oxygens (including phenoxy) is 2. The summed E-state index contributed by atoms with van der Waals surface area (Å²) in [4.78, 5) is 0. The maximum atomic E-state index is 8.50. The van der Waals surface area contributed by atoms with E-state index in [0.717, 1.165) is 0 Å². The molecule has 1 unspecified atom stereocenters. The van der Waals surface area contributed by atoms with Crippen LogP contribution < -0.4 is 0 Å². The smallest absolute Gasteiger partial charge is 0.151 e. The predicted molar refractivity (Wildman–Crippen MR) is 29.5 cm³/mol. The van der Waals surface area contributed by atoms with Crippen LogP contribution in [0.5, 0.6) is 0 Å². The van der Waals surface area contributed by atoms with Crippen molar-refractivity contribution in [2.24, 2.45) is 0 Å². The fourth-order valence-corrected chi connectivity index (χ4v) is 0.302. The van der Waals surface area contributed by atoms with Gasteiger partial charge in [-0.3, -0.25) is 0 Å². The standard InChI is InChI=1S/C5H12O3/c1-5(6)8-4-3-7-2/h5-6H,3-4H2,1-2H3. The molecule has 0 bridgehead atoms. The summed E-state index contributed by atoms with van der Waals surface area (Å²) >= 11 is 0. The molecule has 0 aliphatic heterocycles. The van der Waals surface area contributed by atoms with Crippen molar-refractivity contribution in [3.63, 3.8) is 0 Å². The molecule has 0 aromatic carbocycles. The highest BCUT2D eigenvalue weighted by Crippen LogP contribution is 1.81. The summed E-state index contributed by atoms with van der Waals surface area (Å²) in [5, 5.41) is 8.50. The lowest BCUT2D eigenvalue weighted by Gasteiger charge is -2.03. The van der Waals surface area contributed by atoms with E-state index < -0.39 is 6.29 Å². The third kappa shape index (κ3) is 5.88. The molecule has 0 rings (SSSR count). The van der Waals surface area contributed by atoms with E-state index in [2.05, 4.69) is 4.74 Å². The number of aliphatic hydroxyl groups is 1. The lowest BCUT2D eigenvalue weighted by Crippen LogP contribution is -2.10. The highest BCUT2D eigenvalue weighted by atomic mass is 16.6. The molecular formula is C5H12O3. The number of hydrogen-bond acceptors (Lipinski definition) is 3. The van der Waals surface area contributed by atoms with Gasteiger partial charge in [0.1, 0.15) is 0 Å². The molecule has 0 radical (unpaired) electrons. The second-order valence-corrected chi connectivity index (χ2v) is 1.46. The summed E-state index contributed by atoms with van der Waals surface area (Å²) in [6.07, 6.45) is -0.676. The zero-order chi connectivity index (χ0) is 6.41. The predicted octanol–water partition coefficient (Wildman–Crippen LogP) is -0.0123. The highest BCUT2D eigenvalue weighted by molar-refractivity contribution is 4.26. The summed E-state index contributed by atoms with van der Waals surface area (Å²) in [5.41, 5.74) is 0. The van der Waals surface area contributed by atoms with Crippen LogP contribution in [0.4, 0.5) is 0 Å². The maximum Gasteiger partial charge on any atom is 0.151 e. The minimum absolute atomic E-state index is 0.453. The zero-order valence-corrected chi connectivity index (χ0v) is 5.26. The topological polar surface area (TPSA) is 38.7 Å². The minimum atomic E-state index is -0.676. The van der Waals surface area contributed by atoms with Crippen LogP contribution in [0.1, 0.15) is 6.92 Å². The largest absolute Gasteiger partial charge is 0.382 e. The Bertz CT molecular complexity index is 44.9. The molecule has 8 heavy (non-hydrogen) atoms. The molecule has 1 N–H and O–H groups in total. The second-order valence-electron chi connectivity index (χ2n) is 1.46. The molecule has 1 atom stereocenters. The zero-order valence-electron chi connectivity index (χ0n) is 5.26. The molecule has 0 saturated carbocycles. The third-order valence-corrected chi connectivity index (χ3v) is 0.647. The van der Waals surface area contributed by atoms with Gasteiger partial charge < -0.3 is 14.6 Å². The minimum Gasteiger partial charge on any atom is -0.382 e. The summed E-state index contributed by atoms with van der Waals surface area (Å²) < 4.78 is 9.37. The first-order valence-corrected chi connectivity index (χ1v) is 2.56. The van der Waals surface area contributed by atoms with Crippen molar-refractivity contribution in [3.8, 4) is 0 Å². The molecule has 50 valence electrons. The molecular weight excluding hydrogens is 108 g/mol. The Morgan fingerprint density at radius 3 is 2.50 bits per heavy atom. The Labute approximate surface area is 49.2 Å². The van der Waals surface area contributed by atoms with Crippen molar-refractivity contribution in [2.45, 2.75) is 13.2 Å². The number of methoxy groups -OCH3 is 1. The highest BCUT2D eigenvalue weighted by Gasteiger charge is 1.90. The van der Waals surface area contributed by atoms with E-state index in [0.29, 0.717) is 13.2 Å². The van der Waals surface area contributed by atoms with Gasteiger partial charge in [0.05, 0.1) is 13.2 Å². The van der Waals surface area contributed by atoms with Gasteiger partial charge in [-0.15, -0.1) is 0 Å². The first-order chi connectivity index (χ1) is 3.77. The van der Waals surface area contributed by atoms with Gasteiger partial charge in [-0.2, -0.15) is 0 Å². The molecule has 0 aliphatic rings. The van der Waals surface area contributed by atoms with Gasteiger partial charge in [0.2, 0.25) is 0 Å². The van der Waals surface area contributed by atoms with Gasteiger partial charge in [-0.05, 0) is 6.92 Å². The monoisotopic (exact) mass is 120 g/mol. The molecule has 0 amide bonds. The first kappa shape index (κ1) is 7.88. The van der Waals surface area contributed by atoms with Crippen LogP contribution in [0, 0.1) is 0 Å². The Kier molecular flexibility index (Phi) is 4.95. The van der Waals surface area contributed by atoms with Gasteiger partial charge in [0, 0.05) is 7.11 Å². The Morgan fingerprint density at radius 2 is 2.12 bits per heavy atom. The fraction of sp³-hybridized carbons (Fsp3) is 1.00. The molecule has 0 spiro atoms. The van der Waals surface area contributed by atoms with Crippen LogP contribution in [0.2, 0.25) is 0 Å². The molecule has 0 heterocycles. The number of rotatable bonds is 4. The Balaban J connectivity index is 2.72. The van der Waals surface area contributed by atoms with Crippen molar-refractivity contribution >= 4 is 0 Å². The normalized spacial score (nSPS) is 13.9. The average molecular weight is 120 g/mol. The SMILES string of the molecule is COCCOC(C)O. The van der Waals surface area contributed by atoms with E-state index in [-0.39, 0.29) is 0 Å². The van der Waals surface area contributed by atoms with Crippen LogP contribution in [0.25, 0.3) is 0 Å². The molecule has 0 aromatic rings.